The van der Waals surface area contributed by atoms with Crippen LogP contribution in [0, 0.1) is 0 Å². The van der Waals surface area contributed by atoms with Crippen molar-refractivity contribution in [2.75, 3.05) is 0 Å². The second-order valence-corrected chi connectivity index (χ2v) is 6.48. The van der Waals surface area contributed by atoms with Crippen molar-refractivity contribution in [1.82, 2.24) is 10.9 Å². The van der Waals surface area contributed by atoms with E-state index >= 15 is 0 Å². The summed E-state index contributed by atoms with van der Waals surface area (Å²) in [6, 6.07) is 14.0. The summed E-state index contributed by atoms with van der Waals surface area (Å²) in [6.07, 6.45) is 2.56. The van der Waals surface area contributed by atoms with Crippen LogP contribution >= 0.6 is 0 Å². The molecule has 6 N–H and O–H groups in total. The summed E-state index contributed by atoms with van der Waals surface area (Å²) in [5.74, 6) is -2.31. The number of nitrogens with one attached hydrogen (secondary N) is 2. The number of carbonyl (C=O) groups is 2. The van der Waals surface area contributed by atoms with Crippen molar-refractivity contribution in [3.63, 3.8) is 0 Å². The molecular weight excluding hydrogens is 416 g/mol. The quantitative estimate of drug-likeness (QED) is 0.197. The van der Waals surface area contributed by atoms with Crippen LogP contribution in [0.3, 0.4) is 0 Å². The monoisotopic (exact) mass is 434 g/mol. The number of hydrazone groups is 2. The lowest BCUT2D eigenvalue weighted by atomic mass is 10.1. The van der Waals surface area contributed by atoms with Gasteiger partial charge in [-0.1, -0.05) is 6.07 Å². The van der Waals surface area contributed by atoms with E-state index in [1.165, 1.54) is 73.1 Å². The average Bonchev–Trinajstić information content (AvgIpc) is 2.78. The Hall–Kier alpha value is -4.86. The van der Waals surface area contributed by atoms with Crippen LogP contribution in [-0.2, 0) is 0 Å². The SMILES string of the molecule is O=C(N/N=C/c1ccc(O)c(O)c1)c1cccc(C(=O)N/N=C/c2ccc(O)c(O)c2)c1. The highest BCUT2D eigenvalue weighted by molar-refractivity contribution is 6.00. The van der Waals surface area contributed by atoms with Gasteiger partial charge in [-0.05, 0) is 65.7 Å². The van der Waals surface area contributed by atoms with E-state index in [9.17, 15) is 30.0 Å². The molecule has 2 amide bonds. The molecule has 0 heterocycles. The Morgan fingerprint density at radius 3 is 1.47 bits per heavy atom. The van der Waals surface area contributed by atoms with Gasteiger partial charge in [-0.3, -0.25) is 9.59 Å². The molecule has 0 radical (unpaired) electrons. The Morgan fingerprint density at radius 2 is 1.06 bits per heavy atom. The molecule has 0 fully saturated rings. The minimum atomic E-state index is -0.568. The summed E-state index contributed by atoms with van der Waals surface area (Å²) in [6.45, 7) is 0. The van der Waals surface area contributed by atoms with Crippen molar-refractivity contribution >= 4 is 24.2 Å². The maximum absolute atomic E-state index is 12.3. The number of benzene rings is 3. The zero-order valence-corrected chi connectivity index (χ0v) is 16.4. The molecule has 3 aromatic carbocycles. The van der Waals surface area contributed by atoms with E-state index in [1.807, 2.05) is 0 Å². The van der Waals surface area contributed by atoms with Crippen molar-refractivity contribution in [1.29, 1.82) is 0 Å². The van der Waals surface area contributed by atoms with Gasteiger partial charge in [-0.2, -0.15) is 10.2 Å². The lowest BCUT2D eigenvalue weighted by molar-refractivity contribution is 0.0954. The van der Waals surface area contributed by atoms with Gasteiger partial charge >= 0.3 is 0 Å². The Labute approximate surface area is 181 Å². The highest BCUT2D eigenvalue weighted by Gasteiger charge is 2.10. The minimum absolute atomic E-state index is 0.177. The number of carbonyl (C=O) groups excluding carboxylic acids is 2. The number of phenols is 4. The van der Waals surface area contributed by atoms with Gasteiger partial charge in [0.15, 0.2) is 23.0 Å². The largest absolute Gasteiger partial charge is 0.504 e. The van der Waals surface area contributed by atoms with E-state index in [2.05, 4.69) is 21.1 Å². The van der Waals surface area contributed by atoms with Gasteiger partial charge in [-0.25, -0.2) is 10.9 Å². The van der Waals surface area contributed by atoms with Crippen LogP contribution in [0.1, 0.15) is 31.8 Å². The minimum Gasteiger partial charge on any atom is -0.504 e. The molecule has 0 aliphatic carbocycles. The van der Waals surface area contributed by atoms with E-state index in [4.69, 9.17) is 0 Å². The summed E-state index contributed by atoms with van der Waals surface area (Å²) >= 11 is 0. The van der Waals surface area contributed by atoms with Crippen LogP contribution in [0.5, 0.6) is 23.0 Å². The summed E-state index contributed by atoms with van der Waals surface area (Å²) in [7, 11) is 0. The Balaban J connectivity index is 1.60. The first-order chi connectivity index (χ1) is 15.3. The predicted octanol–water partition coefficient (Wildman–Crippen LogP) is 2.04. The van der Waals surface area contributed by atoms with Crippen LogP contribution in [0.2, 0.25) is 0 Å². The lowest BCUT2D eigenvalue weighted by Gasteiger charge is -2.04. The van der Waals surface area contributed by atoms with Crippen LogP contribution in [0.4, 0.5) is 0 Å². The molecule has 0 aliphatic heterocycles. The Morgan fingerprint density at radius 1 is 0.625 bits per heavy atom. The van der Waals surface area contributed by atoms with E-state index < -0.39 is 11.8 Å². The van der Waals surface area contributed by atoms with Gasteiger partial charge in [0.1, 0.15) is 0 Å². The van der Waals surface area contributed by atoms with Gasteiger partial charge in [0.05, 0.1) is 12.4 Å². The summed E-state index contributed by atoms with van der Waals surface area (Å²) in [4.78, 5) is 24.5. The first-order valence-electron chi connectivity index (χ1n) is 9.14. The van der Waals surface area contributed by atoms with Crippen molar-refractivity contribution in [3.8, 4) is 23.0 Å². The van der Waals surface area contributed by atoms with Crippen molar-refractivity contribution in [2.24, 2.45) is 10.2 Å². The molecule has 0 saturated carbocycles. The van der Waals surface area contributed by atoms with Gasteiger partial charge < -0.3 is 20.4 Å². The van der Waals surface area contributed by atoms with E-state index in [0.717, 1.165) is 0 Å². The van der Waals surface area contributed by atoms with Crippen LogP contribution in [-0.4, -0.2) is 44.7 Å². The zero-order valence-electron chi connectivity index (χ0n) is 16.4. The molecule has 10 nitrogen and oxygen atoms in total. The second-order valence-electron chi connectivity index (χ2n) is 6.48. The molecule has 32 heavy (non-hydrogen) atoms. The number of aromatic hydroxyl groups is 4. The third-order valence-electron chi connectivity index (χ3n) is 4.15. The number of amides is 2. The third kappa shape index (κ3) is 5.60. The molecular formula is C22H18N4O6. The maximum Gasteiger partial charge on any atom is 0.271 e. The molecule has 0 bridgehead atoms. The molecule has 162 valence electrons. The number of phenolic OH excluding ortho intramolecular Hbond substituents is 4. The summed E-state index contributed by atoms with van der Waals surface area (Å²) in [5.41, 5.74) is 5.86. The number of hydrogen-bond acceptors (Lipinski definition) is 8. The normalized spacial score (nSPS) is 11.0. The van der Waals surface area contributed by atoms with E-state index in [0.29, 0.717) is 11.1 Å². The van der Waals surface area contributed by atoms with Crippen LogP contribution < -0.4 is 10.9 Å². The number of hydrogen-bond donors (Lipinski definition) is 6. The molecule has 0 atom stereocenters. The van der Waals surface area contributed by atoms with E-state index in [1.54, 1.807) is 0 Å². The summed E-state index contributed by atoms with van der Waals surface area (Å²) in [5, 5.41) is 45.0. The predicted molar refractivity (Wildman–Crippen MR) is 116 cm³/mol. The lowest BCUT2D eigenvalue weighted by Crippen LogP contribution is -2.20. The van der Waals surface area contributed by atoms with Gasteiger partial charge in [0.25, 0.3) is 11.8 Å². The molecule has 0 unspecified atom stereocenters. The fourth-order valence-corrected chi connectivity index (χ4v) is 2.50. The van der Waals surface area contributed by atoms with Gasteiger partial charge in [0, 0.05) is 11.1 Å². The Kier molecular flexibility index (Phi) is 6.66. The first-order valence-corrected chi connectivity index (χ1v) is 9.14. The number of nitrogens with zero attached hydrogens (tertiary/aromatic N) is 2. The summed E-state index contributed by atoms with van der Waals surface area (Å²) < 4.78 is 0. The van der Waals surface area contributed by atoms with E-state index in [-0.39, 0.29) is 34.1 Å². The highest BCUT2D eigenvalue weighted by atomic mass is 16.3. The first kappa shape index (κ1) is 21.8. The topological polar surface area (TPSA) is 164 Å². The molecule has 0 spiro atoms. The smallest absolute Gasteiger partial charge is 0.271 e. The number of rotatable bonds is 6. The van der Waals surface area contributed by atoms with Crippen LogP contribution in [0.15, 0.2) is 70.9 Å². The van der Waals surface area contributed by atoms with Crippen molar-refractivity contribution in [2.45, 2.75) is 0 Å². The Bertz CT molecular complexity index is 1130. The maximum atomic E-state index is 12.3. The molecule has 3 aromatic rings. The average molecular weight is 434 g/mol. The van der Waals surface area contributed by atoms with Crippen molar-refractivity contribution in [3.05, 3.63) is 82.9 Å². The zero-order chi connectivity index (χ0) is 23.1. The molecule has 0 saturated heterocycles. The standard InChI is InChI=1S/C22H18N4O6/c27-17-6-4-13(8-19(17)29)11-23-25-21(31)15-2-1-3-16(10-15)22(32)26-24-12-14-5-7-18(28)20(30)9-14/h1-12,27-30H,(H,25,31)(H,26,32)/b23-11+,24-12+. The van der Waals surface area contributed by atoms with Crippen molar-refractivity contribution < 1.29 is 30.0 Å². The van der Waals surface area contributed by atoms with Gasteiger partial charge in [-0.15, -0.1) is 0 Å². The fourth-order valence-electron chi connectivity index (χ4n) is 2.50. The van der Waals surface area contributed by atoms with Crippen LogP contribution in [0.25, 0.3) is 0 Å². The third-order valence-corrected chi connectivity index (χ3v) is 4.15. The molecule has 3 rings (SSSR count). The molecule has 0 aromatic heterocycles. The molecule has 10 heteroatoms. The second kappa shape index (κ2) is 9.76. The van der Waals surface area contributed by atoms with Gasteiger partial charge in [0.2, 0.25) is 0 Å². The fraction of sp³-hybridized carbons (Fsp3) is 0. The highest BCUT2D eigenvalue weighted by Crippen LogP contribution is 2.24. The molecule has 0 aliphatic rings.